The molecule has 0 aromatic heterocycles. The molecular weight excluding hydrogens is 342 g/mol. The van der Waals surface area contributed by atoms with E-state index in [1.165, 1.54) is 6.07 Å². The van der Waals surface area contributed by atoms with Crippen LogP contribution in [0.3, 0.4) is 0 Å². The third-order valence-electron chi connectivity index (χ3n) is 2.98. The maximum atomic E-state index is 13.3. The Hall–Kier alpha value is -2.71. The van der Waals surface area contributed by atoms with E-state index in [1.807, 2.05) is 0 Å². The van der Waals surface area contributed by atoms with Gasteiger partial charge < -0.3 is 9.84 Å². The Morgan fingerprint density at radius 3 is 2.00 bits per heavy atom. The van der Waals surface area contributed by atoms with E-state index in [0.717, 1.165) is 36.4 Å². The molecule has 1 N–H and O–H groups in total. The summed E-state index contributed by atoms with van der Waals surface area (Å²) < 4.78 is 81.0. The number of halogens is 6. The van der Waals surface area contributed by atoms with Crippen LogP contribution in [0, 0.1) is 0 Å². The second-order valence-electron chi connectivity index (χ2n) is 4.58. The summed E-state index contributed by atoms with van der Waals surface area (Å²) >= 11 is 0. The van der Waals surface area contributed by atoms with Gasteiger partial charge in [0.05, 0.1) is 11.1 Å². The Morgan fingerprint density at radius 2 is 1.46 bits per heavy atom. The number of carboxylic acids is 1. The molecule has 0 radical (unpaired) electrons. The van der Waals surface area contributed by atoms with E-state index in [0.29, 0.717) is 0 Å². The van der Waals surface area contributed by atoms with Crippen LogP contribution in [0.2, 0.25) is 0 Å². The summed E-state index contributed by atoms with van der Waals surface area (Å²) in [6.45, 7) is 0. The standard InChI is InChI=1S/C15H8F6O3/c16-14(17,18)12-9(5-3-6-10(12)13(22)23)8-4-1-2-7-11(8)24-15(19,20)21/h1-7H,(H,22,23). The molecule has 3 nitrogen and oxygen atoms in total. The number of hydrogen-bond donors (Lipinski definition) is 1. The molecule has 0 fully saturated rings. The maximum absolute atomic E-state index is 13.3. The Bertz CT molecular complexity index is 765. The van der Waals surface area contributed by atoms with Gasteiger partial charge in [0.25, 0.3) is 0 Å². The van der Waals surface area contributed by atoms with Gasteiger partial charge in [-0.3, -0.25) is 0 Å². The number of rotatable bonds is 3. The van der Waals surface area contributed by atoms with Crippen molar-refractivity contribution in [3.63, 3.8) is 0 Å². The van der Waals surface area contributed by atoms with Crippen LogP contribution in [0.15, 0.2) is 42.5 Å². The van der Waals surface area contributed by atoms with Gasteiger partial charge >= 0.3 is 18.5 Å². The molecule has 0 amide bonds. The van der Waals surface area contributed by atoms with E-state index in [2.05, 4.69) is 4.74 Å². The zero-order valence-corrected chi connectivity index (χ0v) is 11.6. The van der Waals surface area contributed by atoms with Crippen LogP contribution in [-0.2, 0) is 6.18 Å². The number of carbonyl (C=O) groups is 1. The van der Waals surface area contributed by atoms with Gasteiger partial charge in [0.2, 0.25) is 0 Å². The number of para-hydroxylation sites is 1. The quantitative estimate of drug-likeness (QED) is 0.795. The molecular formula is C15H8F6O3. The van der Waals surface area contributed by atoms with Crippen LogP contribution in [0.25, 0.3) is 11.1 Å². The third-order valence-corrected chi connectivity index (χ3v) is 2.98. The molecule has 2 aromatic carbocycles. The van der Waals surface area contributed by atoms with Gasteiger partial charge in [-0.05, 0) is 17.7 Å². The minimum Gasteiger partial charge on any atom is -0.478 e. The first kappa shape index (κ1) is 17.6. The van der Waals surface area contributed by atoms with Gasteiger partial charge in [0.1, 0.15) is 5.75 Å². The summed E-state index contributed by atoms with van der Waals surface area (Å²) in [6, 6.07) is 6.81. The largest absolute Gasteiger partial charge is 0.573 e. The van der Waals surface area contributed by atoms with Gasteiger partial charge in [0, 0.05) is 5.56 Å². The number of alkyl halides is 6. The summed E-state index contributed by atoms with van der Waals surface area (Å²) in [5, 5.41) is 8.94. The lowest BCUT2D eigenvalue weighted by molar-refractivity contribution is -0.274. The molecule has 128 valence electrons. The van der Waals surface area contributed by atoms with Crippen molar-refractivity contribution in [2.75, 3.05) is 0 Å². The topological polar surface area (TPSA) is 46.5 Å². The Labute approximate surface area is 131 Å². The van der Waals surface area contributed by atoms with Crippen molar-refractivity contribution < 1.29 is 41.0 Å². The predicted molar refractivity (Wildman–Crippen MR) is 70.5 cm³/mol. The van der Waals surface area contributed by atoms with E-state index in [9.17, 15) is 31.1 Å². The van der Waals surface area contributed by atoms with Crippen molar-refractivity contribution in [3.8, 4) is 16.9 Å². The number of carboxylic acid groups (broad SMARTS) is 1. The molecule has 2 aromatic rings. The van der Waals surface area contributed by atoms with E-state index < -0.39 is 46.5 Å². The molecule has 0 atom stereocenters. The van der Waals surface area contributed by atoms with Gasteiger partial charge in [0.15, 0.2) is 0 Å². The van der Waals surface area contributed by atoms with Crippen LogP contribution in [-0.4, -0.2) is 17.4 Å². The smallest absolute Gasteiger partial charge is 0.478 e. The third kappa shape index (κ3) is 3.79. The second kappa shape index (κ2) is 6.06. The fourth-order valence-electron chi connectivity index (χ4n) is 2.16. The monoisotopic (exact) mass is 350 g/mol. The molecule has 0 saturated heterocycles. The zero-order chi connectivity index (χ0) is 18.1. The highest BCUT2D eigenvalue weighted by Crippen LogP contribution is 2.43. The molecule has 0 aliphatic rings. The van der Waals surface area contributed by atoms with Crippen molar-refractivity contribution in [1.29, 1.82) is 0 Å². The molecule has 9 heteroatoms. The molecule has 0 bridgehead atoms. The summed E-state index contributed by atoms with van der Waals surface area (Å²) in [5.41, 5.74) is -3.86. The molecule has 0 unspecified atom stereocenters. The fraction of sp³-hybridized carbons (Fsp3) is 0.133. The minimum absolute atomic E-state index is 0.523. The molecule has 0 saturated carbocycles. The molecule has 2 rings (SSSR count). The van der Waals surface area contributed by atoms with Crippen molar-refractivity contribution in [1.82, 2.24) is 0 Å². The highest BCUT2D eigenvalue weighted by molar-refractivity contribution is 5.93. The number of hydrogen-bond acceptors (Lipinski definition) is 2. The van der Waals surface area contributed by atoms with E-state index in [4.69, 9.17) is 5.11 Å². The number of ether oxygens (including phenoxy) is 1. The highest BCUT2D eigenvalue weighted by atomic mass is 19.4. The number of benzene rings is 2. The average Bonchev–Trinajstić information content (AvgIpc) is 2.44. The molecule has 0 spiro atoms. The molecule has 0 aliphatic carbocycles. The van der Waals surface area contributed by atoms with Crippen molar-refractivity contribution in [3.05, 3.63) is 53.6 Å². The van der Waals surface area contributed by atoms with E-state index in [-0.39, 0.29) is 0 Å². The normalized spacial score (nSPS) is 12.1. The summed E-state index contributed by atoms with van der Waals surface area (Å²) in [6.07, 6.45) is -10.2. The first-order chi connectivity index (χ1) is 11.0. The average molecular weight is 350 g/mol. The van der Waals surface area contributed by atoms with Crippen LogP contribution in [0.5, 0.6) is 5.75 Å². The Morgan fingerprint density at radius 1 is 0.875 bits per heavy atom. The first-order valence-electron chi connectivity index (χ1n) is 6.29. The van der Waals surface area contributed by atoms with Crippen LogP contribution >= 0.6 is 0 Å². The lowest BCUT2D eigenvalue weighted by Crippen LogP contribution is -2.18. The molecule has 24 heavy (non-hydrogen) atoms. The van der Waals surface area contributed by atoms with Crippen molar-refractivity contribution in [2.24, 2.45) is 0 Å². The molecule has 0 heterocycles. The summed E-state index contributed by atoms with van der Waals surface area (Å²) in [7, 11) is 0. The summed E-state index contributed by atoms with van der Waals surface area (Å²) in [4.78, 5) is 11.1. The SMILES string of the molecule is O=C(O)c1cccc(-c2ccccc2OC(F)(F)F)c1C(F)(F)F. The van der Waals surface area contributed by atoms with E-state index >= 15 is 0 Å². The highest BCUT2D eigenvalue weighted by Gasteiger charge is 2.39. The second-order valence-corrected chi connectivity index (χ2v) is 4.58. The Kier molecular flexibility index (Phi) is 4.46. The minimum atomic E-state index is -5.11. The predicted octanol–water partition coefficient (Wildman–Crippen LogP) is 4.97. The van der Waals surface area contributed by atoms with Crippen molar-refractivity contribution in [2.45, 2.75) is 12.5 Å². The van der Waals surface area contributed by atoms with Gasteiger partial charge in [-0.2, -0.15) is 13.2 Å². The van der Waals surface area contributed by atoms with Gasteiger partial charge in [-0.1, -0.05) is 30.3 Å². The van der Waals surface area contributed by atoms with Crippen LogP contribution < -0.4 is 4.74 Å². The van der Waals surface area contributed by atoms with Gasteiger partial charge in [-0.15, -0.1) is 13.2 Å². The van der Waals surface area contributed by atoms with Crippen LogP contribution in [0.4, 0.5) is 26.3 Å². The zero-order valence-electron chi connectivity index (χ0n) is 11.6. The fourth-order valence-corrected chi connectivity index (χ4v) is 2.16. The van der Waals surface area contributed by atoms with Gasteiger partial charge in [-0.25, -0.2) is 4.79 Å². The lowest BCUT2D eigenvalue weighted by Gasteiger charge is -2.18. The maximum Gasteiger partial charge on any atom is 0.573 e. The lowest BCUT2D eigenvalue weighted by atomic mass is 9.94. The first-order valence-corrected chi connectivity index (χ1v) is 6.29. The summed E-state index contributed by atoms with van der Waals surface area (Å²) in [5.74, 6) is -2.71. The van der Waals surface area contributed by atoms with E-state index in [1.54, 1.807) is 0 Å². The van der Waals surface area contributed by atoms with Crippen molar-refractivity contribution >= 4 is 5.97 Å². The number of aromatic carboxylic acids is 1. The Balaban J connectivity index is 2.75. The van der Waals surface area contributed by atoms with Crippen LogP contribution in [0.1, 0.15) is 15.9 Å². The molecule has 0 aliphatic heterocycles.